The first-order chi connectivity index (χ1) is 9.58. The molecule has 1 aliphatic rings. The molecule has 20 heavy (non-hydrogen) atoms. The van der Waals surface area contributed by atoms with Crippen molar-refractivity contribution in [1.82, 2.24) is 4.90 Å². The normalized spacial score (nSPS) is 20.4. The highest BCUT2D eigenvalue weighted by Gasteiger charge is 2.28. The summed E-state index contributed by atoms with van der Waals surface area (Å²) >= 11 is 0. The fraction of sp³-hybridized carbons (Fsp3) is 0.467. The first kappa shape index (κ1) is 14.5. The Bertz CT molecular complexity index is 475. The molecule has 108 valence electrons. The lowest BCUT2D eigenvalue weighted by molar-refractivity contribution is -0.145. The summed E-state index contributed by atoms with van der Waals surface area (Å²) in [6, 6.07) is 9.14. The monoisotopic (exact) mass is 276 g/mol. The van der Waals surface area contributed by atoms with Gasteiger partial charge in [-0.2, -0.15) is 0 Å². The van der Waals surface area contributed by atoms with E-state index >= 15 is 0 Å². The molecule has 2 rings (SSSR count). The molecule has 2 atom stereocenters. The molecule has 5 heteroatoms. The van der Waals surface area contributed by atoms with Crippen molar-refractivity contribution < 1.29 is 14.7 Å². The minimum absolute atomic E-state index is 0.0627. The topological polar surface area (TPSA) is 83.6 Å². The fourth-order valence-corrected chi connectivity index (χ4v) is 2.54. The van der Waals surface area contributed by atoms with Gasteiger partial charge in [-0.3, -0.25) is 9.59 Å². The van der Waals surface area contributed by atoms with Gasteiger partial charge in [0.25, 0.3) is 0 Å². The van der Waals surface area contributed by atoms with E-state index in [0.29, 0.717) is 19.5 Å². The molecule has 0 spiro atoms. The fourth-order valence-electron chi connectivity index (χ4n) is 2.54. The van der Waals surface area contributed by atoms with Gasteiger partial charge < -0.3 is 15.7 Å². The summed E-state index contributed by atoms with van der Waals surface area (Å²) in [5.74, 6) is -1.33. The molecule has 1 aliphatic heterocycles. The van der Waals surface area contributed by atoms with Gasteiger partial charge in [0.15, 0.2) is 0 Å². The minimum atomic E-state index is -0.824. The smallest absolute Gasteiger partial charge is 0.308 e. The predicted octanol–water partition coefficient (Wildman–Crippen LogP) is 1.40. The first-order valence-corrected chi connectivity index (χ1v) is 6.89. The molecular weight excluding hydrogens is 256 g/mol. The van der Waals surface area contributed by atoms with Crippen LogP contribution in [0.5, 0.6) is 0 Å². The van der Waals surface area contributed by atoms with Crippen LogP contribution < -0.4 is 5.73 Å². The number of rotatable bonds is 4. The summed E-state index contributed by atoms with van der Waals surface area (Å²) in [6.07, 6.45) is 1.60. The van der Waals surface area contributed by atoms with Gasteiger partial charge in [0.1, 0.15) is 0 Å². The second-order valence-electron chi connectivity index (χ2n) is 5.24. The second kappa shape index (κ2) is 6.52. The number of benzene rings is 1. The summed E-state index contributed by atoms with van der Waals surface area (Å²) in [6.45, 7) is 0.930. The van der Waals surface area contributed by atoms with Gasteiger partial charge >= 0.3 is 5.97 Å². The van der Waals surface area contributed by atoms with Crippen molar-refractivity contribution in [3.8, 4) is 0 Å². The number of carboxylic acids is 1. The second-order valence-corrected chi connectivity index (χ2v) is 5.24. The Kier molecular flexibility index (Phi) is 4.74. The number of nitrogens with two attached hydrogens (primary N) is 1. The van der Waals surface area contributed by atoms with Gasteiger partial charge in [-0.15, -0.1) is 0 Å². The number of hydrogen-bond donors (Lipinski definition) is 2. The number of carbonyl (C=O) groups excluding carboxylic acids is 1. The van der Waals surface area contributed by atoms with Crippen LogP contribution in [0.25, 0.3) is 0 Å². The zero-order valence-electron chi connectivity index (χ0n) is 11.4. The largest absolute Gasteiger partial charge is 0.481 e. The molecule has 1 fully saturated rings. The third kappa shape index (κ3) is 3.57. The summed E-state index contributed by atoms with van der Waals surface area (Å²) < 4.78 is 0. The summed E-state index contributed by atoms with van der Waals surface area (Å²) in [5.41, 5.74) is 6.96. The first-order valence-electron chi connectivity index (χ1n) is 6.89. The maximum atomic E-state index is 12.2. The molecule has 1 aromatic rings. The van der Waals surface area contributed by atoms with E-state index in [2.05, 4.69) is 0 Å². The van der Waals surface area contributed by atoms with Crippen molar-refractivity contribution in [3.05, 3.63) is 35.9 Å². The minimum Gasteiger partial charge on any atom is -0.481 e. The van der Waals surface area contributed by atoms with Gasteiger partial charge in [-0.1, -0.05) is 30.3 Å². The van der Waals surface area contributed by atoms with Gasteiger partial charge in [0.05, 0.1) is 5.92 Å². The Labute approximate surface area is 118 Å². The van der Waals surface area contributed by atoms with Crippen LogP contribution in [0.4, 0.5) is 0 Å². The number of hydrogen-bond acceptors (Lipinski definition) is 3. The molecule has 0 saturated carbocycles. The molecule has 0 aliphatic carbocycles. The molecule has 1 heterocycles. The zero-order valence-corrected chi connectivity index (χ0v) is 11.4. The van der Waals surface area contributed by atoms with Crippen LogP contribution in [-0.2, 0) is 9.59 Å². The summed E-state index contributed by atoms with van der Waals surface area (Å²) in [7, 11) is 0. The molecule has 0 radical (unpaired) electrons. The molecule has 3 N–H and O–H groups in total. The van der Waals surface area contributed by atoms with Crippen molar-refractivity contribution in [2.24, 2.45) is 11.7 Å². The van der Waals surface area contributed by atoms with Crippen LogP contribution in [0, 0.1) is 5.92 Å². The van der Waals surface area contributed by atoms with Gasteiger partial charge in [-0.05, 0) is 18.4 Å². The number of carboxylic acid groups (broad SMARTS) is 1. The van der Waals surface area contributed by atoms with Crippen LogP contribution >= 0.6 is 0 Å². The number of likely N-dealkylation sites (tertiary alicyclic amines) is 1. The van der Waals surface area contributed by atoms with E-state index in [9.17, 15) is 9.59 Å². The van der Waals surface area contributed by atoms with Crippen molar-refractivity contribution >= 4 is 11.9 Å². The molecule has 0 bridgehead atoms. The number of nitrogens with zero attached hydrogens (tertiary/aromatic N) is 1. The van der Waals surface area contributed by atoms with Gasteiger partial charge in [0, 0.05) is 25.6 Å². The molecule has 1 amide bonds. The highest BCUT2D eigenvalue weighted by Crippen LogP contribution is 2.20. The standard InChI is InChI=1S/C15H20N2O3/c16-13(11-5-2-1-3-6-11)9-14(18)17-8-4-7-12(10-17)15(19)20/h1-3,5-6,12-13H,4,7-10,16H2,(H,19,20). The number of carbonyl (C=O) groups is 2. The third-order valence-corrected chi connectivity index (χ3v) is 3.75. The zero-order chi connectivity index (χ0) is 14.5. The summed E-state index contributed by atoms with van der Waals surface area (Å²) in [4.78, 5) is 24.8. The lowest BCUT2D eigenvalue weighted by Crippen LogP contribution is -2.43. The average Bonchev–Trinajstić information content (AvgIpc) is 2.48. The van der Waals surface area contributed by atoms with E-state index < -0.39 is 11.9 Å². The van der Waals surface area contributed by atoms with Crippen molar-refractivity contribution in [2.75, 3.05) is 13.1 Å². The maximum absolute atomic E-state index is 12.2. The van der Waals surface area contributed by atoms with Gasteiger partial charge in [-0.25, -0.2) is 0 Å². The van der Waals surface area contributed by atoms with Crippen molar-refractivity contribution in [3.63, 3.8) is 0 Å². The molecule has 5 nitrogen and oxygen atoms in total. The highest BCUT2D eigenvalue weighted by molar-refractivity contribution is 5.78. The highest BCUT2D eigenvalue weighted by atomic mass is 16.4. The average molecular weight is 276 g/mol. The van der Waals surface area contributed by atoms with E-state index in [0.717, 1.165) is 12.0 Å². The summed E-state index contributed by atoms with van der Waals surface area (Å²) in [5, 5.41) is 9.04. The Balaban J connectivity index is 1.93. The van der Waals surface area contributed by atoms with Crippen molar-refractivity contribution in [2.45, 2.75) is 25.3 Å². The predicted molar refractivity (Wildman–Crippen MR) is 74.9 cm³/mol. The Morgan fingerprint density at radius 2 is 2.05 bits per heavy atom. The van der Waals surface area contributed by atoms with E-state index in [4.69, 9.17) is 10.8 Å². The lowest BCUT2D eigenvalue weighted by atomic mass is 9.97. The molecular formula is C15H20N2O3. The van der Waals surface area contributed by atoms with E-state index in [1.807, 2.05) is 30.3 Å². The molecule has 1 saturated heterocycles. The molecule has 2 unspecified atom stereocenters. The van der Waals surface area contributed by atoms with Crippen molar-refractivity contribution in [1.29, 1.82) is 0 Å². The number of aliphatic carboxylic acids is 1. The Hall–Kier alpha value is -1.88. The van der Waals surface area contributed by atoms with Gasteiger partial charge in [0.2, 0.25) is 5.91 Å². The lowest BCUT2D eigenvalue weighted by Gasteiger charge is -2.31. The number of amides is 1. The van der Waals surface area contributed by atoms with Crippen LogP contribution in [0.2, 0.25) is 0 Å². The third-order valence-electron chi connectivity index (χ3n) is 3.75. The number of piperidine rings is 1. The maximum Gasteiger partial charge on any atom is 0.308 e. The Morgan fingerprint density at radius 1 is 1.35 bits per heavy atom. The van der Waals surface area contributed by atoms with E-state index in [1.165, 1.54) is 0 Å². The molecule has 0 aromatic heterocycles. The van der Waals surface area contributed by atoms with Crippen LogP contribution in [0.15, 0.2) is 30.3 Å². The van der Waals surface area contributed by atoms with E-state index in [-0.39, 0.29) is 18.4 Å². The quantitative estimate of drug-likeness (QED) is 0.870. The van der Waals surface area contributed by atoms with Crippen LogP contribution in [0.1, 0.15) is 30.9 Å². The molecule has 1 aromatic carbocycles. The van der Waals surface area contributed by atoms with E-state index in [1.54, 1.807) is 4.90 Å². The SMILES string of the molecule is NC(CC(=O)N1CCCC(C(=O)O)C1)c1ccccc1. The van der Waals surface area contributed by atoms with Crippen LogP contribution in [-0.4, -0.2) is 35.0 Å². The van der Waals surface area contributed by atoms with Crippen LogP contribution in [0.3, 0.4) is 0 Å². The Morgan fingerprint density at radius 3 is 2.70 bits per heavy atom.